The van der Waals surface area contributed by atoms with Gasteiger partial charge in [-0.25, -0.2) is 0 Å². The zero-order valence-electron chi connectivity index (χ0n) is 14.2. The van der Waals surface area contributed by atoms with Gasteiger partial charge in [0.2, 0.25) is 0 Å². The second kappa shape index (κ2) is 5.95. The molecule has 2 heteroatoms. The Morgan fingerprint density at radius 1 is 1.00 bits per heavy atom. The molecule has 2 nitrogen and oxygen atoms in total. The summed E-state index contributed by atoms with van der Waals surface area (Å²) in [4.78, 5) is 0. The summed E-state index contributed by atoms with van der Waals surface area (Å²) in [5.41, 5.74) is 4.80. The lowest BCUT2D eigenvalue weighted by Crippen LogP contribution is -2.47. The van der Waals surface area contributed by atoms with Crippen LogP contribution in [0.5, 0.6) is 0 Å². The van der Waals surface area contributed by atoms with Crippen LogP contribution in [0.25, 0.3) is 0 Å². The van der Waals surface area contributed by atoms with E-state index < -0.39 is 0 Å². The molecular weight excluding hydrogens is 294 g/mol. The Morgan fingerprint density at radius 2 is 1.67 bits per heavy atom. The molecule has 0 saturated carbocycles. The number of rotatable bonds is 5. The monoisotopic (exact) mass is 317 g/mol. The van der Waals surface area contributed by atoms with Crippen molar-refractivity contribution in [3.05, 3.63) is 89.5 Å². The van der Waals surface area contributed by atoms with Crippen LogP contribution < -0.4 is 5.32 Å². The molecule has 0 fully saturated rings. The Labute approximate surface area is 143 Å². The molecule has 0 aliphatic carbocycles. The number of fused-ring (bicyclic) bond motifs is 2. The number of nitrogens with one attached hydrogen (secondary N) is 1. The van der Waals surface area contributed by atoms with Gasteiger partial charge < -0.3 is 10.1 Å². The van der Waals surface area contributed by atoms with Crippen LogP contribution >= 0.6 is 0 Å². The number of para-hydroxylation sites is 1. The first kappa shape index (κ1) is 15.2. The molecule has 2 aromatic rings. The molecule has 0 spiro atoms. The van der Waals surface area contributed by atoms with E-state index in [1.165, 1.54) is 16.7 Å². The minimum Gasteiger partial charge on any atom is -0.378 e. The van der Waals surface area contributed by atoms with E-state index in [0.717, 1.165) is 12.1 Å². The molecule has 2 heterocycles. The van der Waals surface area contributed by atoms with Gasteiger partial charge in [-0.05, 0) is 55.2 Å². The first-order valence-corrected chi connectivity index (χ1v) is 8.59. The van der Waals surface area contributed by atoms with Gasteiger partial charge >= 0.3 is 0 Å². The quantitative estimate of drug-likeness (QED) is 0.803. The lowest BCUT2D eigenvalue weighted by Gasteiger charge is -2.36. The maximum Gasteiger partial charge on any atom is 0.129 e. The van der Waals surface area contributed by atoms with Gasteiger partial charge in [-0.2, -0.15) is 0 Å². The predicted octanol–water partition coefficient (Wildman–Crippen LogP) is 4.75. The molecular formula is C22H23NO. The lowest BCUT2D eigenvalue weighted by atomic mass is 9.80. The van der Waals surface area contributed by atoms with Crippen molar-refractivity contribution >= 4 is 5.69 Å². The van der Waals surface area contributed by atoms with E-state index in [9.17, 15) is 0 Å². The van der Waals surface area contributed by atoms with E-state index in [1.54, 1.807) is 0 Å². The molecule has 122 valence electrons. The molecule has 0 amide bonds. The van der Waals surface area contributed by atoms with Crippen LogP contribution in [-0.2, 0) is 11.2 Å². The highest BCUT2D eigenvalue weighted by Crippen LogP contribution is 2.46. The summed E-state index contributed by atoms with van der Waals surface area (Å²) in [5, 5.41) is 3.73. The molecule has 2 aromatic carbocycles. The summed E-state index contributed by atoms with van der Waals surface area (Å²) in [6.45, 7) is 4.40. The van der Waals surface area contributed by atoms with E-state index in [2.05, 4.69) is 85.9 Å². The van der Waals surface area contributed by atoms with Crippen molar-refractivity contribution in [1.82, 2.24) is 0 Å². The van der Waals surface area contributed by atoms with Crippen molar-refractivity contribution in [1.29, 1.82) is 0 Å². The second-order valence-corrected chi connectivity index (χ2v) is 6.75. The molecule has 1 N–H and O–H groups in total. The fourth-order valence-corrected chi connectivity index (χ4v) is 3.84. The molecule has 3 unspecified atom stereocenters. The lowest BCUT2D eigenvalue weighted by molar-refractivity contribution is 0.0278. The standard InChI is InChI=1S/C22H23NO/c1-16-17(2)22(14-13-20(16)24-22)21(15-18-9-5-3-6-10-18)23-19-11-7-4-8-12-19/h3-14,20-21,23H,15H2,1-2H3. The van der Waals surface area contributed by atoms with Crippen LogP contribution in [0.2, 0.25) is 0 Å². The molecule has 0 aromatic heterocycles. The molecule has 24 heavy (non-hydrogen) atoms. The fourth-order valence-electron chi connectivity index (χ4n) is 3.84. The highest BCUT2D eigenvalue weighted by molar-refractivity contribution is 5.51. The van der Waals surface area contributed by atoms with Crippen LogP contribution in [0.4, 0.5) is 5.69 Å². The number of ether oxygens (including phenoxy) is 1. The Bertz CT molecular complexity index is 737. The minimum absolute atomic E-state index is 0.140. The van der Waals surface area contributed by atoms with Crippen molar-refractivity contribution in [3.63, 3.8) is 0 Å². The van der Waals surface area contributed by atoms with E-state index >= 15 is 0 Å². The number of hydrogen-bond acceptors (Lipinski definition) is 2. The largest absolute Gasteiger partial charge is 0.378 e. The van der Waals surface area contributed by atoms with Gasteiger partial charge in [-0.15, -0.1) is 0 Å². The Hall–Kier alpha value is -2.32. The number of benzene rings is 2. The van der Waals surface area contributed by atoms with Crippen LogP contribution in [-0.4, -0.2) is 17.7 Å². The first-order valence-electron chi connectivity index (χ1n) is 8.59. The van der Waals surface area contributed by atoms with Crippen molar-refractivity contribution in [2.45, 2.75) is 38.0 Å². The highest BCUT2D eigenvalue weighted by atomic mass is 16.5. The average molecular weight is 317 g/mol. The van der Waals surface area contributed by atoms with Crippen LogP contribution in [0.3, 0.4) is 0 Å². The third-order valence-corrected chi connectivity index (χ3v) is 5.36. The summed E-state index contributed by atoms with van der Waals surface area (Å²) >= 11 is 0. The van der Waals surface area contributed by atoms with E-state index in [0.29, 0.717) is 0 Å². The van der Waals surface area contributed by atoms with Gasteiger partial charge in [0, 0.05) is 5.69 Å². The molecule has 0 saturated heterocycles. The average Bonchev–Trinajstić information content (AvgIpc) is 3.16. The normalized spacial score (nSPS) is 26.0. The topological polar surface area (TPSA) is 21.3 Å². The zero-order valence-corrected chi connectivity index (χ0v) is 14.2. The van der Waals surface area contributed by atoms with E-state index in [-0.39, 0.29) is 17.7 Å². The van der Waals surface area contributed by atoms with Gasteiger partial charge in [0.25, 0.3) is 0 Å². The molecule has 2 aliphatic rings. The first-order chi connectivity index (χ1) is 11.7. The van der Waals surface area contributed by atoms with Crippen LogP contribution in [0, 0.1) is 0 Å². The van der Waals surface area contributed by atoms with Gasteiger partial charge in [-0.3, -0.25) is 0 Å². The Kier molecular flexibility index (Phi) is 3.78. The van der Waals surface area contributed by atoms with E-state index in [4.69, 9.17) is 4.74 Å². The molecule has 4 rings (SSSR count). The van der Waals surface area contributed by atoms with Crippen LogP contribution in [0.15, 0.2) is 84.0 Å². The SMILES string of the molecule is CC1=C(C)C2(C(Cc3ccccc3)Nc3ccccc3)C=CC1O2. The number of anilines is 1. The zero-order chi connectivity index (χ0) is 16.6. The minimum atomic E-state index is -0.347. The van der Waals surface area contributed by atoms with Gasteiger partial charge in [0.1, 0.15) is 5.60 Å². The third-order valence-electron chi connectivity index (χ3n) is 5.36. The fraction of sp³-hybridized carbons (Fsp3) is 0.273. The smallest absolute Gasteiger partial charge is 0.129 e. The Morgan fingerprint density at radius 3 is 2.29 bits per heavy atom. The van der Waals surface area contributed by atoms with Gasteiger partial charge in [-0.1, -0.05) is 54.6 Å². The maximum atomic E-state index is 6.44. The predicted molar refractivity (Wildman–Crippen MR) is 99.1 cm³/mol. The van der Waals surface area contributed by atoms with Gasteiger partial charge in [0.05, 0.1) is 12.1 Å². The molecule has 0 radical (unpaired) electrons. The van der Waals surface area contributed by atoms with Crippen molar-refractivity contribution < 1.29 is 4.74 Å². The van der Waals surface area contributed by atoms with Gasteiger partial charge in [0.15, 0.2) is 0 Å². The highest BCUT2D eigenvalue weighted by Gasteiger charge is 2.50. The number of hydrogen-bond donors (Lipinski definition) is 1. The van der Waals surface area contributed by atoms with Crippen molar-refractivity contribution in [3.8, 4) is 0 Å². The van der Waals surface area contributed by atoms with Crippen molar-refractivity contribution in [2.24, 2.45) is 0 Å². The summed E-state index contributed by atoms with van der Waals surface area (Å²) in [6.07, 6.45) is 5.51. The van der Waals surface area contributed by atoms with Crippen LogP contribution in [0.1, 0.15) is 19.4 Å². The summed E-state index contributed by atoms with van der Waals surface area (Å²) in [5.74, 6) is 0. The van der Waals surface area contributed by atoms with Crippen molar-refractivity contribution in [2.75, 3.05) is 5.32 Å². The van der Waals surface area contributed by atoms with E-state index in [1.807, 2.05) is 6.07 Å². The third kappa shape index (κ3) is 2.47. The molecule has 2 bridgehead atoms. The summed E-state index contributed by atoms with van der Waals surface area (Å²) in [6, 6.07) is 21.2. The molecule has 3 atom stereocenters. The summed E-state index contributed by atoms with van der Waals surface area (Å²) < 4.78 is 6.44. The second-order valence-electron chi connectivity index (χ2n) is 6.75. The molecule has 2 aliphatic heterocycles. The Balaban J connectivity index is 1.70. The summed E-state index contributed by atoms with van der Waals surface area (Å²) in [7, 11) is 0. The maximum absolute atomic E-state index is 6.44.